The van der Waals surface area contributed by atoms with Crippen LogP contribution in [0.15, 0.2) is 34.5 Å². The summed E-state index contributed by atoms with van der Waals surface area (Å²) < 4.78 is 48.5. The summed E-state index contributed by atoms with van der Waals surface area (Å²) in [6.45, 7) is -0.0189. The first-order valence-corrected chi connectivity index (χ1v) is 7.98. The minimum absolute atomic E-state index is 0.0189. The lowest BCUT2D eigenvalue weighted by molar-refractivity contribution is 0.0946. The van der Waals surface area contributed by atoms with E-state index in [2.05, 4.69) is 5.32 Å². The first-order valence-electron chi connectivity index (χ1n) is 5.62. The van der Waals surface area contributed by atoms with E-state index >= 15 is 0 Å². The fraction of sp³-hybridized carbons (Fsp3) is 0.0833. The van der Waals surface area contributed by atoms with Gasteiger partial charge in [-0.1, -0.05) is 0 Å². The van der Waals surface area contributed by atoms with Crippen LogP contribution in [0.2, 0.25) is 0 Å². The van der Waals surface area contributed by atoms with Crippen LogP contribution in [0.4, 0.5) is 8.78 Å². The lowest BCUT2D eigenvalue weighted by Crippen LogP contribution is -2.23. The third-order valence-corrected chi connectivity index (χ3v) is 5.04. The maximum atomic E-state index is 13.4. The summed E-state index contributed by atoms with van der Waals surface area (Å²) in [6, 6.07) is 5.34. The second kappa shape index (κ2) is 5.88. The van der Waals surface area contributed by atoms with Gasteiger partial charge in [0, 0.05) is 4.88 Å². The highest BCUT2D eigenvalue weighted by molar-refractivity contribution is 7.91. The Balaban J connectivity index is 2.08. The molecule has 9 heteroatoms. The molecule has 0 atom stereocenters. The molecule has 1 aromatic heterocycles. The second-order valence-electron chi connectivity index (χ2n) is 4.07. The molecule has 0 fully saturated rings. The van der Waals surface area contributed by atoms with E-state index in [-0.39, 0.29) is 10.8 Å². The summed E-state index contributed by atoms with van der Waals surface area (Å²) in [7, 11) is -3.79. The molecule has 0 bridgehead atoms. The van der Waals surface area contributed by atoms with E-state index in [1.807, 2.05) is 0 Å². The van der Waals surface area contributed by atoms with Gasteiger partial charge < -0.3 is 5.32 Å². The van der Waals surface area contributed by atoms with Gasteiger partial charge in [-0.15, -0.1) is 11.3 Å². The van der Waals surface area contributed by atoms with Crippen LogP contribution in [0.1, 0.15) is 15.2 Å². The van der Waals surface area contributed by atoms with Crippen molar-refractivity contribution < 1.29 is 22.0 Å². The lowest BCUT2D eigenvalue weighted by Gasteiger charge is -2.05. The van der Waals surface area contributed by atoms with Crippen molar-refractivity contribution in [1.29, 1.82) is 0 Å². The molecule has 1 aromatic carbocycles. The predicted molar refractivity (Wildman–Crippen MR) is 73.2 cm³/mol. The molecule has 0 aliphatic heterocycles. The number of nitrogens with one attached hydrogen (secondary N) is 1. The van der Waals surface area contributed by atoms with E-state index in [1.54, 1.807) is 0 Å². The number of primary sulfonamides is 1. The molecule has 1 heterocycles. The zero-order valence-electron chi connectivity index (χ0n) is 10.5. The second-order valence-corrected chi connectivity index (χ2v) is 7.03. The number of benzene rings is 1. The quantitative estimate of drug-likeness (QED) is 0.891. The van der Waals surface area contributed by atoms with E-state index in [1.165, 1.54) is 12.1 Å². The van der Waals surface area contributed by atoms with Gasteiger partial charge in [-0.3, -0.25) is 4.79 Å². The van der Waals surface area contributed by atoms with E-state index < -0.39 is 33.1 Å². The van der Waals surface area contributed by atoms with Crippen LogP contribution in [0, 0.1) is 11.6 Å². The highest BCUT2D eigenvalue weighted by atomic mass is 32.2. The van der Waals surface area contributed by atoms with Gasteiger partial charge in [-0.2, -0.15) is 0 Å². The summed E-state index contributed by atoms with van der Waals surface area (Å²) in [5.41, 5.74) is -0.418. The largest absolute Gasteiger partial charge is 0.347 e. The van der Waals surface area contributed by atoms with Gasteiger partial charge in [-0.25, -0.2) is 22.3 Å². The number of hydrogen-bond acceptors (Lipinski definition) is 4. The molecule has 0 unspecified atom stereocenters. The fourth-order valence-electron chi connectivity index (χ4n) is 1.54. The zero-order valence-corrected chi connectivity index (χ0v) is 12.1. The Labute approximate surface area is 123 Å². The summed E-state index contributed by atoms with van der Waals surface area (Å²) in [4.78, 5) is 12.3. The maximum absolute atomic E-state index is 13.4. The van der Waals surface area contributed by atoms with Gasteiger partial charge >= 0.3 is 0 Å². The molecule has 0 spiro atoms. The van der Waals surface area contributed by atoms with Gasteiger partial charge in [0.2, 0.25) is 10.0 Å². The fourth-order valence-corrected chi connectivity index (χ4v) is 3.26. The Bertz CT molecular complexity index is 788. The Hall–Kier alpha value is -1.84. The van der Waals surface area contributed by atoms with Crippen molar-refractivity contribution in [1.82, 2.24) is 5.32 Å². The van der Waals surface area contributed by atoms with Gasteiger partial charge in [0.05, 0.1) is 12.1 Å². The molecule has 5 nitrogen and oxygen atoms in total. The van der Waals surface area contributed by atoms with Crippen LogP contribution < -0.4 is 10.5 Å². The Kier molecular flexibility index (Phi) is 4.35. The molecule has 0 saturated heterocycles. The molecular formula is C12H10F2N2O3S2. The molecule has 1 amide bonds. The Morgan fingerprint density at radius 2 is 1.95 bits per heavy atom. The summed E-state index contributed by atoms with van der Waals surface area (Å²) in [5.74, 6) is -2.36. The lowest BCUT2D eigenvalue weighted by atomic mass is 10.2. The normalized spacial score (nSPS) is 11.4. The monoisotopic (exact) mass is 332 g/mol. The minimum atomic E-state index is -3.79. The molecule has 0 saturated carbocycles. The first-order chi connectivity index (χ1) is 9.77. The van der Waals surface area contributed by atoms with Crippen LogP contribution >= 0.6 is 11.3 Å². The molecule has 2 aromatic rings. The average Bonchev–Trinajstić information content (AvgIpc) is 2.87. The van der Waals surface area contributed by atoms with Crippen molar-refractivity contribution in [3.05, 3.63) is 52.4 Å². The van der Waals surface area contributed by atoms with Crippen molar-refractivity contribution in [2.75, 3.05) is 0 Å². The van der Waals surface area contributed by atoms with Crippen molar-refractivity contribution in [3.63, 3.8) is 0 Å². The predicted octanol–water partition coefficient (Wildman–Crippen LogP) is 1.60. The number of carbonyl (C=O) groups is 1. The van der Waals surface area contributed by atoms with Gasteiger partial charge in [0.15, 0.2) is 0 Å². The van der Waals surface area contributed by atoms with Gasteiger partial charge in [0.1, 0.15) is 15.8 Å². The molecule has 2 rings (SSSR count). The third kappa shape index (κ3) is 3.84. The maximum Gasteiger partial charge on any atom is 0.254 e. The van der Waals surface area contributed by atoms with Gasteiger partial charge in [-0.05, 0) is 30.3 Å². The minimum Gasteiger partial charge on any atom is -0.347 e. The smallest absolute Gasteiger partial charge is 0.254 e. The highest BCUT2D eigenvalue weighted by Crippen LogP contribution is 2.20. The van der Waals surface area contributed by atoms with Crippen molar-refractivity contribution in [2.24, 2.45) is 5.14 Å². The summed E-state index contributed by atoms with van der Waals surface area (Å²) in [5, 5.41) is 7.33. The first kappa shape index (κ1) is 15.5. The van der Waals surface area contributed by atoms with E-state index in [4.69, 9.17) is 5.14 Å². The number of nitrogens with two attached hydrogens (primary N) is 1. The SMILES string of the molecule is NS(=O)(=O)c1ccc(CNC(=O)c2cc(F)ccc2F)s1. The number of amides is 1. The number of halogens is 2. The Morgan fingerprint density at radius 1 is 1.24 bits per heavy atom. The molecule has 0 aliphatic rings. The molecule has 0 radical (unpaired) electrons. The van der Waals surface area contributed by atoms with Crippen molar-refractivity contribution >= 4 is 27.3 Å². The van der Waals surface area contributed by atoms with Gasteiger partial charge in [0.25, 0.3) is 5.91 Å². The highest BCUT2D eigenvalue weighted by Gasteiger charge is 2.14. The summed E-state index contributed by atoms with van der Waals surface area (Å²) in [6.07, 6.45) is 0. The van der Waals surface area contributed by atoms with Crippen LogP contribution in [-0.4, -0.2) is 14.3 Å². The Morgan fingerprint density at radius 3 is 2.57 bits per heavy atom. The molecule has 112 valence electrons. The zero-order chi connectivity index (χ0) is 15.6. The van der Waals surface area contributed by atoms with E-state index in [0.29, 0.717) is 4.88 Å². The molecule has 21 heavy (non-hydrogen) atoms. The van der Waals surface area contributed by atoms with Crippen LogP contribution in [0.3, 0.4) is 0 Å². The number of carbonyl (C=O) groups excluding carboxylic acids is 1. The van der Waals surface area contributed by atoms with Crippen LogP contribution in [0.25, 0.3) is 0 Å². The molecular weight excluding hydrogens is 322 g/mol. The van der Waals surface area contributed by atoms with Crippen LogP contribution in [0.5, 0.6) is 0 Å². The number of hydrogen-bond donors (Lipinski definition) is 2. The average molecular weight is 332 g/mol. The number of thiophene rings is 1. The topological polar surface area (TPSA) is 89.3 Å². The molecule has 0 aliphatic carbocycles. The van der Waals surface area contributed by atoms with Crippen LogP contribution in [-0.2, 0) is 16.6 Å². The third-order valence-electron chi connectivity index (χ3n) is 2.51. The number of sulfonamides is 1. The van der Waals surface area contributed by atoms with E-state index in [0.717, 1.165) is 29.5 Å². The molecule has 3 N–H and O–H groups in total. The van der Waals surface area contributed by atoms with Crippen molar-refractivity contribution in [2.45, 2.75) is 10.8 Å². The van der Waals surface area contributed by atoms with Crippen molar-refractivity contribution in [3.8, 4) is 0 Å². The number of rotatable bonds is 4. The van der Waals surface area contributed by atoms with E-state index in [9.17, 15) is 22.0 Å². The summed E-state index contributed by atoms with van der Waals surface area (Å²) >= 11 is 0.889. The standard InChI is InChI=1S/C12H10F2N2O3S2/c13-7-1-3-10(14)9(5-7)12(17)16-6-8-2-4-11(20-8)21(15,18)19/h1-5H,6H2,(H,16,17)(H2,15,18,19).